The summed E-state index contributed by atoms with van der Waals surface area (Å²) in [5.41, 5.74) is 1.10. The molecule has 1 unspecified atom stereocenters. The molecule has 1 fully saturated rings. The van der Waals surface area contributed by atoms with Crippen LogP contribution >= 0.6 is 0 Å². The third kappa shape index (κ3) is 3.76. The number of piperazine rings is 1. The predicted molar refractivity (Wildman–Crippen MR) is 110 cm³/mol. The van der Waals surface area contributed by atoms with E-state index < -0.39 is 0 Å². The number of hydrogen-bond acceptors (Lipinski definition) is 4. The number of hydrogen-bond donors (Lipinski definition) is 0. The summed E-state index contributed by atoms with van der Waals surface area (Å²) in [6, 6.07) is 18.0. The zero-order valence-electron chi connectivity index (χ0n) is 16.1. The molecular formula is C22H25N5O. The van der Waals surface area contributed by atoms with Crippen molar-refractivity contribution in [2.75, 3.05) is 31.1 Å². The van der Waals surface area contributed by atoms with Gasteiger partial charge in [-0.25, -0.2) is 0 Å². The first-order valence-corrected chi connectivity index (χ1v) is 9.82. The first kappa shape index (κ1) is 18.2. The van der Waals surface area contributed by atoms with Gasteiger partial charge in [0.2, 0.25) is 5.91 Å². The maximum absolute atomic E-state index is 13.0. The Hall–Kier alpha value is -3.15. The number of benzene rings is 1. The molecule has 0 N–H and O–H groups in total. The molecule has 4 rings (SSSR count). The molecule has 0 aliphatic carbocycles. The quantitative estimate of drug-likeness (QED) is 0.688. The van der Waals surface area contributed by atoms with E-state index in [2.05, 4.69) is 22.0 Å². The zero-order valence-corrected chi connectivity index (χ0v) is 16.1. The Kier molecular flexibility index (Phi) is 5.37. The van der Waals surface area contributed by atoms with Crippen LogP contribution in [0.2, 0.25) is 0 Å². The molecule has 6 heteroatoms. The molecule has 0 saturated carbocycles. The molecule has 2 aromatic heterocycles. The summed E-state index contributed by atoms with van der Waals surface area (Å²) < 4.78 is 1.93. The van der Waals surface area contributed by atoms with E-state index in [1.165, 1.54) is 0 Å². The lowest BCUT2D eigenvalue weighted by Gasteiger charge is -2.36. The van der Waals surface area contributed by atoms with Crippen LogP contribution in [0.1, 0.15) is 24.8 Å². The Balaban J connectivity index is 1.38. The molecule has 1 saturated heterocycles. The van der Waals surface area contributed by atoms with Crippen molar-refractivity contribution in [3.63, 3.8) is 0 Å². The molecule has 0 radical (unpaired) electrons. The van der Waals surface area contributed by atoms with Crippen LogP contribution in [-0.2, 0) is 4.79 Å². The third-order valence-corrected chi connectivity index (χ3v) is 5.33. The maximum atomic E-state index is 13.0. The number of anilines is 1. The highest BCUT2D eigenvalue weighted by Crippen LogP contribution is 2.23. The summed E-state index contributed by atoms with van der Waals surface area (Å²) >= 11 is 0. The van der Waals surface area contributed by atoms with E-state index in [1.54, 1.807) is 0 Å². The van der Waals surface area contributed by atoms with Crippen LogP contribution in [0.25, 0.3) is 5.82 Å². The van der Waals surface area contributed by atoms with Gasteiger partial charge in [0.15, 0.2) is 11.6 Å². The number of nitrogens with zero attached hydrogens (tertiary/aromatic N) is 5. The van der Waals surface area contributed by atoms with Crippen molar-refractivity contribution in [3.8, 4) is 5.82 Å². The van der Waals surface area contributed by atoms with Gasteiger partial charge in [-0.15, -0.1) is 10.2 Å². The number of carbonyl (C=O) groups is 1. The van der Waals surface area contributed by atoms with Crippen LogP contribution in [0.5, 0.6) is 0 Å². The van der Waals surface area contributed by atoms with E-state index in [1.807, 2.05) is 76.5 Å². The van der Waals surface area contributed by atoms with Gasteiger partial charge < -0.3 is 14.4 Å². The van der Waals surface area contributed by atoms with E-state index in [0.717, 1.165) is 36.7 Å². The van der Waals surface area contributed by atoms with Gasteiger partial charge in [-0.1, -0.05) is 37.3 Å². The summed E-state index contributed by atoms with van der Waals surface area (Å²) in [6.45, 7) is 5.04. The van der Waals surface area contributed by atoms with Crippen LogP contribution in [0.4, 0.5) is 5.82 Å². The molecule has 1 aromatic carbocycles. The Morgan fingerprint density at radius 2 is 1.54 bits per heavy atom. The summed E-state index contributed by atoms with van der Waals surface area (Å²) in [7, 11) is 0. The Bertz CT molecular complexity index is 884. The van der Waals surface area contributed by atoms with E-state index in [0.29, 0.717) is 13.1 Å². The van der Waals surface area contributed by atoms with Gasteiger partial charge in [-0.2, -0.15) is 0 Å². The molecule has 6 nitrogen and oxygen atoms in total. The average molecular weight is 375 g/mol. The fraction of sp³-hybridized carbons (Fsp3) is 0.318. The molecule has 1 amide bonds. The van der Waals surface area contributed by atoms with Crippen LogP contribution in [0, 0.1) is 0 Å². The summed E-state index contributed by atoms with van der Waals surface area (Å²) in [6.07, 6.45) is 4.71. The minimum atomic E-state index is -0.0617. The van der Waals surface area contributed by atoms with Crippen molar-refractivity contribution >= 4 is 11.7 Å². The standard InChI is InChI=1S/C22H25N5O/c1-2-19(18-8-4-3-5-9-18)22(28)27-16-14-26(15-17-27)21-11-10-20(23-24-21)25-12-6-7-13-25/h3-13,19H,2,14-17H2,1H3. The van der Waals surface area contributed by atoms with Crippen molar-refractivity contribution in [1.29, 1.82) is 0 Å². The average Bonchev–Trinajstić information content (AvgIpc) is 3.30. The van der Waals surface area contributed by atoms with Gasteiger partial charge in [-0.05, 0) is 36.2 Å². The highest BCUT2D eigenvalue weighted by Gasteiger charge is 2.27. The second kappa shape index (κ2) is 8.25. The maximum Gasteiger partial charge on any atom is 0.230 e. The lowest BCUT2D eigenvalue weighted by Crippen LogP contribution is -2.50. The number of aromatic nitrogens is 3. The molecule has 28 heavy (non-hydrogen) atoms. The number of amides is 1. The molecular weight excluding hydrogens is 350 g/mol. The Morgan fingerprint density at radius 3 is 2.14 bits per heavy atom. The minimum Gasteiger partial charge on any atom is -0.352 e. The molecule has 1 aliphatic rings. The van der Waals surface area contributed by atoms with Crippen LogP contribution < -0.4 is 4.90 Å². The lowest BCUT2D eigenvalue weighted by atomic mass is 9.95. The van der Waals surface area contributed by atoms with Gasteiger partial charge >= 0.3 is 0 Å². The number of carbonyl (C=O) groups excluding carboxylic acids is 1. The third-order valence-electron chi connectivity index (χ3n) is 5.33. The van der Waals surface area contributed by atoms with E-state index in [4.69, 9.17) is 0 Å². The van der Waals surface area contributed by atoms with Crippen molar-refractivity contribution in [2.24, 2.45) is 0 Å². The fourth-order valence-electron chi connectivity index (χ4n) is 3.73. The zero-order chi connectivity index (χ0) is 19.3. The highest BCUT2D eigenvalue weighted by atomic mass is 16.2. The molecule has 3 aromatic rings. The summed E-state index contributed by atoms with van der Waals surface area (Å²) in [5.74, 6) is 1.82. The monoisotopic (exact) mass is 375 g/mol. The van der Waals surface area contributed by atoms with Crippen LogP contribution in [0.15, 0.2) is 67.0 Å². The summed E-state index contributed by atoms with van der Waals surface area (Å²) in [5, 5.41) is 8.70. The van der Waals surface area contributed by atoms with Crippen molar-refractivity contribution < 1.29 is 4.79 Å². The van der Waals surface area contributed by atoms with Gasteiger partial charge in [0.05, 0.1) is 5.92 Å². The first-order chi connectivity index (χ1) is 13.8. The van der Waals surface area contributed by atoms with E-state index >= 15 is 0 Å². The van der Waals surface area contributed by atoms with Gasteiger partial charge in [-0.3, -0.25) is 4.79 Å². The SMILES string of the molecule is CCC(C(=O)N1CCN(c2ccc(-n3cccc3)nn2)CC1)c1ccccc1. The molecule has 1 atom stereocenters. The topological polar surface area (TPSA) is 54.3 Å². The molecule has 1 aliphatic heterocycles. The molecule has 0 spiro atoms. The van der Waals surface area contributed by atoms with Crippen molar-refractivity contribution in [1.82, 2.24) is 19.7 Å². The Morgan fingerprint density at radius 1 is 0.893 bits per heavy atom. The van der Waals surface area contributed by atoms with Gasteiger partial charge in [0.25, 0.3) is 0 Å². The highest BCUT2D eigenvalue weighted by molar-refractivity contribution is 5.84. The fourth-order valence-corrected chi connectivity index (χ4v) is 3.73. The predicted octanol–water partition coefficient (Wildman–Crippen LogP) is 3.11. The van der Waals surface area contributed by atoms with Crippen LogP contribution in [-0.4, -0.2) is 51.8 Å². The second-order valence-corrected chi connectivity index (χ2v) is 7.02. The lowest BCUT2D eigenvalue weighted by molar-refractivity contribution is -0.133. The second-order valence-electron chi connectivity index (χ2n) is 7.02. The molecule has 3 heterocycles. The minimum absolute atomic E-state index is 0.0617. The Labute approximate surface area is 165 Å². The summed E-state index contributed by atoms with van der Waals surface area (Å²) in [4.78, 5) is 17.2. The van der Waals surface area contributed by atoms with Gasteiger partial charge in [0.1, 0.15) is 0 Å². The molecule has 144 valence electrons. The first-order valence-electron chi connectivity index (χ1n) is 9.82. The van der Waals surface area contributed by atoms with Gasteiger partial charge in [0, 0.05) is 38.6 Å². The normalized spacial score (nSPS) is 15.5. The van der Waals surface area contributed by atoms with E-state index in [9.17, 15) is 4.79 Å². The van der Waals surface area contributed by atoms with Crippen LogP contribution in [0.3, 0.4) is 0 Å². The number of rotatable bonds is 5. The molecule has 0 bridgehead atoms. The smallest absolute Gasteiger partial charge is 0.230 e. The van der Waals surface area contributed by atoms with Crippen molar-refractivity contribution in [2.45, 2.75) is 19.3 Å². The largest absolute Gasteiger partial charge is 0.352 e. The van der Waals surface area contributed by atoms with Crippen molar-refractivity contribution in [3.05, 3.63) is 72.6 Å². The van der Waals surface area contributed by atoms with E-state index in [-0.39, 0.29) is 11.8 Å².